The van der Waals surface area contributed by atoms with Crippen LogP contribution >= 0.6 is 0 Å². The average molecular weight is 261 g/mol. The van der Waals surface area contributed by atoms with E-state index in [2.05, 4.69) is 31.2 Å². The van der Waals surface area contributed by atoms with Crippen molar-refractivity contribution in [2.45, 2.75) is 50.9 Å². The molecule has 0 aliphatic heterocycles. The fourth-order valence-electron chi connectivity index (χ4n) is 3.46. The highest BCUT2D eigenvalue weighted by Gasteiger charge is 2.33. The minimum atomic E-state index is -0.242. The number of rotatable bonds is 5. The summed E-state index contributed by atoms with van der Waals surface area (Å²) in [6.07, 6.45) is 7.68. The van der Waals surface area contributed by atoms with Crippen molar-refractivity contribution in [2.24, 2.45) is 11.7 Å². The summed E-state index contributed by atoms with van der Waals surface area (Å²) in [5.41, 5.74) is 8.27. The van der Waals surface area contributed by atoms with Gasteiger partial charge < -0.3 is 10.8 Å². The Labute approximate surface area is 117 Å². The Kier molecular flexibility index (Phi) is 5.00. The number of hydrogen-bond donors (Lipinski definition) is 2. The molecule has 0 radical (unpaired) electrons. The number of aliphatic hydroxyl groups excluding tert-OH is 1. The minimum absolute atomic E-state index is 0.156. The fourth-order valence-corrected chi connectivity index (χ4v) is 3.46. The van der Waals surface area contributed by atoms with Gasteiger partial charge in [-0.05, 0) is 24.8 Å². The maximum absolute atomic E-state index is 9.97. The zero-order valence-electron chi connectivity index (χ0n) is 12.1. The van der Waals surface area contributed by atoms with Gasteiger partial charge in [-0.15, -0.1) is 0 Å². The Morgan fingerprint density at radius 1 is 1.26 bits per heavy atom. The van der Waals surface area contributed by atoms with Gasteiger partial charge in [0.15, 0.2) is 0 Å². The molecule has 3 N–H and O–H groups in total. The third-order valence-corrected chi connectivity index (χ3v) is 4.73. The van der Waals surface area contributed by atoms with Crippen molar-refractivity contribution in [1.82, 2.24) is 0 Å². The van der Waals surface area contributed by atoms with Crippen LogP contribution in [-0.4, -0.2) is 18.3 Å². The van der Waals surface area contributed by atoms with Crippen molar-refractivity contribution in [2.75, 3.05) is 13.2 Å². The van der Waals surface area contributed by atoms with E-state index in [9.17, 15) is 5.11 Å². The van der Waals surface area contributed by atoms with Crippen molar-refractivity contribution in [3.8, 4) is 0 Å². The van der Waals surface area contributed by atoms with E-state index in [0.717, 1.165) is 12.3 Å². The summed E-state index contributed by atoms with van der Waals surface area (Å²) >= 11 is 0. The first kappa shape index (κ1) is 14.5. The summed E-state index contributed by atoms with van der Waals surface area (Å²) in [6, 6.07) is 8.49. The summed E-state index contributed by atoms with van der Waals surface area (Å²) < 4.78 is 0. The van der Waals surface area contributed by atoms with Gasteiger partial charge in [-0.2, -0.15) is 0 Å². The molecule has 1 aromatic carbocycles. The monoisotopic (exact) mass is 261 g/mol. The van der Waals surface area contributed by atoms with Gasteiger partial charge in [0.1, 0.15) is 0 Å². The average Bonchev–Trinajstić information content (AvgIpc) is 2.46. The predicted octanol–water partition coefficient (Wildman–Crippen LogP) is 3.15. The quantitative estimate of drug-likeness (QED) is 0.855. The van der Waals surface area contributed by atoms with E-state index >= 15 is 0 Å². The van der Waals surface area contributed by atoms with Gasteiger partial charge in [0, 0.05) is 12.0 Å². The smallest absolute Gasteiger partial charge is 0.0540 e. The topological polar surface area (TPSA) is 46.2 Å². The van der Waals surface area contributed by atoms with Gasteiger partial charge in [-0.1, -0.05) is 61.9 Å². The first-order valence-corrected chi connectivity index (χ1v) is 7.58. The highest BCUT2D eigenvalue weighted by molar-refractivity contribution is 5.30. The molecule has 0 bridgehead atoms. The molecule has 2 rings (SSSR count). The lowest BCUT2D eigenvalue weighted by atomic mass is 9.71. The highest BCUT2D eigenvalue weighted by Crippen LogP contribution is 2.36. The standard InChI is InChI=1S/C17H27NO/c1-14-6-5-9-16(10-14)17(12-18,13-19)11-15-7-3-2-4-8-15/h5-6,9-10,15,19H,2-4,7-8,11-13,18H2,1H3. The van der Waals surface area contributed by atoms with Crippen LogP contribution in [0.1, 0.15) is 49.7 Å². The molecular formula is C17H27NO. The van der Waals surface area contributed by atoms with Crippen molar-refractivity contribution in [3.05, 3.63) is 35.4 Å². The van der Waals surface area contributed by atoms with Crippen molar-refractivity contribution >= 4 is 0 Å². The predicted molar refractivity (Wildman–Crippen MR) is 80.2 cm³/mol. The molecule has 19 heavy (non-hydrogen) atoms. The Hall–Kier alpha value is -0.860. The zero-order chi connectivity index (χ0) is 13.7. The molecule has 2 heteroatoms. The summed E-state index contributed by atoms with van der Waals surface area (Å²) in [6.45, 7) is 2.79. The molecule has 0 spiro atoms. The van der Waals surface area contributed by atoms with E-state index in [1.54, 1.807) is 0 Å². The van der Waals surface area contributed by atoms with Crippen LogP contribution in [-0.2, 0) is 5.41 Å². The molecule has 1 aromatic rings. The zero-order valence-corrected chi connectivity index (χ0v) is 12.1. The van der Waals surface area contributed by atoms with Crippen LogP contribution < -0.4 is 5.73 Å². The van der Waals surface area contributed by atoms with Gasteiger partial charge in [-0.25, -0.2) is 0 Å². The van der Waals surface area contributed by atoms with Crippen LogP contribution in [0, 0.1) is 12.8 Å². The second kappa shape index (κ2) is 6.53. The third kappa shape index (κ3) is 3.37. The van der Waals surface area contributed by atoms with E-state index in [1.807, 2.05) is 0 Å². The lowest BCUT2D eigenvalue weighted by Gasteiger charge is -2.36. The van der Waals surface area contributed by atoms with Gasteiger partial charge in [0.25, 0.3) is 0 Å². The summed E-state index contributed by atoms with van der Waals surface area (Å²) in [4.78, 5) is 0. The number of benzene rings is 1. The normalized spacial score (nSPS) is 20.2. The second-order valence-electron chi connectivity index (χ2n) is 6.22. The second-order valence-corrected chi connectivity index (χ2v) is 6.22. The molecule has 1 aliphatic rings. The highest BCUT2D eigenvalue weighted by atomic mass is 16.3. The molecule has 1 atom stereocenters. The van der Waals surface area contributed by atoms with E-state index in [1.165, 1.54) is 43.2 Å². The van der Waals surface area contributed by atoms with Crippen molar-refractivity contribution in [3.63, 3.8) is 0 Å². The number of aryl methyl sites for hydroxylation is 1. The van der Waals surface area contributed by atoms with E-state index < -0.39 is 0 Å². The molecular weight excluding hydrogens is 234 g/mol. The van der Waals surface area contributed by atoms with Crippen LogP contribution in [0.15, 0.2) is 24.3 Å². The van der Waals surface area contributed by atoms with Crippen molar-refractivity contribution in [1.29, 1.82) is 0 Å². The number of hydrogen-bond acceptors (Lipinski definition) is 2. The van der Waals surface area contributed by atoms with E-state index in [4.69, 9.17) is 5.73 Å². The molecule has 1 aliphatic carbocycles. The lowest BCUT2D eigenvalue weighted by molar-refractivity contribution is 0.156. The van der Waals surface area contributed by atoms with Crippen LogP contribution in [0.2, 0.25) is 0 Å². The molecule has 0 aromatic heterocycles. The SMILES string of the molecule is Cc1cccc(C(CN)(CO)CC2CCCCC2)c1. The van der Waals surface area contributed by atoms with E-state index in [-0.39, 0.29) is 12.0 Å². The maximum Gasteiger partial charge on any atom is 0.0540 e. The van der Waals surface area contributed by atoms with Crippen LogP contribution in [0.25, 0.3) is 0 Å². The molecule has 0 saturated heterocycles. The first-order chi connectivity index (χ1) is 9.20. The maximum atomic E-state index is 9.97. The van der Waals surface area contributed by atoms with E-state index in [0.29, 0.717) is 6.54 Å². The molecule has 0 heterocycles. The van der Waals surface area contributed by atoms with Crippen LogP contribution in [0.4, 0.5) is 0 Å². The molecule has 1 unspecified atom stereocenters. The summed E-state index contributed by atoms with van der Waals surface area (Å²) in [5, 5.41) is 9.97. The number of aliphatic hydroxyl groups is 1. The fraction of sp³-hybridized carbons (Fsp3) is 0.647. The minimum Gasteiger partial charge on any atom is -0.395 e. The Morgan fingerprint density at radius 2 is 2.00 bits per heavy atom. The molecule has 2 nitrogen and oxygen atoms in total. The van der Waals surface area contributed by atoms with Crippen molar-refractivity contribution < 1.29 is 5.11 Å². The third-order valence-electron chi connectivity index (χ3n) is 4.73. The molecule has 0 amide bonds. The molecule has 106 valence electrons. The van der Waals surface area contributed by atoms with Gasteiger partial charge in [0.05, 0.1) is 6.61 Å². The Balaban J connectivity index is 2.20. The number of nitrogens with two attached hydrogens (primary N) is 1. The van der Waals surface area contributed by atoms with Gasteiger partial charge >= 0.3 is 0 Å². The van der Waals surface area contributed by atoms with Gasteiger partial charge in [0.2, 0.25) is 0 Å². The van der Waals surface area contributed by atoms with Gasteiger partial charge in [-0.3, -0.25) is 0 Å². The lowest BCUT2D eigenvalue weighted by Crippen LogP contribution is -2.41. The largest absolute Gasteiger partial charge is 0.395 e. The summed E-state index contributed by atoms with van der Waals surface area (Å²) in [5.74, 6) is 0.727. The Morgan fingerprint density at radius 3 is 2.58 bits per heavy atom. The molecule has 1 fully saturated rings. The first-order valence-electron chi connectivity index (χ1n) is 7.58. The summed E-state index contributed by atoms with van der Waals surface area (Å²) in [7, 11) is 0. The molecule has 1 saturated carbocycles. The Bertz CT molecular complexity index is 392. The van der Waals surface area contributed by atoms with Crippen LogP contribution in [0.3, 0.4) is 0 Å². The van der Waals surface area contributed by atoms with Crippen LogP contribution in [0.5, 0.6) is 0 Å².